The highest BCUT2D eigenvalue weighted by molar-refractivity contribution is 7.14. The molecule has 0 spiro atoms. The van der Waals surface area contributed by atoms with Crippen molar-refractivity contribution in [3.05, 3.63) is 28.0 Å². The number of nitrogens with one attached hydrogen (secondary N) is 1. The third-order valence-electron chi connectivity index (χ3n) is 2.02. The van der Waals surface area contributed by atoms with Crippen molar-refractivity contribution in [1.29, 1.82) is 0 Å². The molecule has 0 aromatic carbocycles. The molecule has 2 aromatic heterocycles. The predicted molar refractivity (Wildman–Crippen MR) is 62.4 cm³/mol. The minimum atomic E-state index is 0.533. The van der Waals surface area contributed by atoms with Crippen molar-refractivity contribution in [3.63, 3.8) is 0 Å². The van der Waals surface area contributed by atoms with Gasteiger partial charge < -0.3 is 5.32 Å². The zero-order chi connectivity index (χ0) is 10.8. The van der Waals surface area contributed by atoms with Gasteiger partial charge in [0.2, 0.25) is 0 Å². The molecule has 0 atom stereocenters. The number of rotatable bonds is 3. The largest absolute Gasteiger partial charge is 0.357 e. The van der Waals surface area contributed by atoms with Gasteiger partial charge in [0, 0.05) is 30.7 Å². The molecule has 0 aliphatic carbocycles. The van der Waals surface area contributed by atoms with E-state index in [0.717, 1.165) is 17.4 Å². The molecule has 0 radical (unpaired) electrons. The second kappa shape index (κ2) is 4.20. The number of anilines is 1. The molecule has 0 aliphatic heterocycles. The molecule has 0 unspecified atom stereocenters. The lowest BCUT2D eigenvalue weighted by Gasteiger charge is -1.99. The molecule has 0 fully saturated rings. The fraction of sp³-hybridized carbons (Fsp3) is 0.333. The molecule has 0 saturated heterocycles. The second-order valence-corrected chi connectivity index (χ2v) is 4.49. The number of hydrogen-bond acceptors (Lipinski definition) is 4. The van der Waals surface area contributed by atoms with E-state index >= 15 is 0 Å². The van der Waals surface area contributed by atoms with E-state index in [4.69, 9.17) is 11.6 Å². The standard InChI is InChI=1S/C9H11ClN4S/c1-6-7(4-14(2)13-6)3-11-9-12-8(10)5-15-9/h4-5H,3H2,1-2H3,(H,11,12). The molecular formula is C9H11ClN4S. The molecule has 2 aromatic rings. The van der Waals surface area contributed by atoms with Crippen molar-refractivity contribution in [2.45, 2.75) is 13.5 Å². The highest BCUT2D eigenvalue weighted by Crippen LogP contribution is 2.19. The first kappa shape index (κ1) is 10.4. The lowest BCUT2D eigenvalue weighted by atomic mass is 10.3. The maximum Gasteiger partial charge on any atom is 0.184 e. The second-order valence-electron chi connectivity index (χ2n) is 3.24. The van der Waals surface area contributed by atoms with Gasteiger partial charge in [-0.3, -0.25) is 4.68 Å². The molecule has 4 nitrogen and oxygen atoms in total. The van der Waals surface area contributed by atoms with E-state index < -0.39 is 0 Å². The molecule has 15 heavy (non-hydrogen) atoms. The zero-order valence-corrected chi connectivity index (χ0v) is 10.1. The number of aromatic nitrogens is 3. The van der Waals surface area contributed by atoms with E-state index in [2.05, 4.69) is 15.4 Å². The van der Waals surface area contributed by atoms with Gasteiger partial charge in [-0.25, -0.2) is 4.98 Å². The molecule has 1 N–H and O–H groups in total. The molecule has 80 valence electrons. The van der Waals surface area contributed by atoms with Crippen LogP contribution < -0.4 is 5.32 Å². The van der Waals surface area contributed by atoms with Crippen LogP contribution in [0.3, 0.4) is 0 Å². The highest BCUT2D eigenvalue weighted by atomic mass is 35.5. The summed E-state index contributed by atoms with van der Waals surface area (Å²) in [6, 6.07) is 0. The molecule has 6 heteroatoms. The van der Waals surface area contributed by atoms with Gasteiger partial charge in [-0.2, -0.15) is 5.10 Å². The first-order valence-electron chi connectivity index (χ1n) is 4.49. The van der Waals surface area contributed by atoms with Crippen molar-refractivity contribution in [2.75, 3.05) is 5.32 Å². The summed E-state index contributed by atoms with van der Waals surface area (Å²) in [5, 5.41) is 10.6. The fourth-order valence-electron chi connectivity index (χ4n) is 1.33. The molecule has 0 amide bonds. The van der Waals surface area contributed by atoms with E-state index in [9.17, 15) is 0 Å². The van der Waals surface area contributed by atoms with Crippen LogP contribution >= 0.6 is 22.9 Å². The maximum atomic E-state index is 5.72. The molecule has 2 rings (SSSR count). The Balaban J connectivity index is 2.01. The quantitative estimate of drug-likeness (QED) is 0.899. The molecule has 0 saturated carbocycles. The first-order chi connectivity index (χ1) is 7.15. The van der Waals surface area contributed by atoms with Gasteiger partial charge in [-0.05, 0) is 6.92 Å². The number of hydrogen-bond donors (Lipinski definition) is 1. The Kier molecular flexibility index (Phi) is 2.93. The summed E-state index contributed by atoms with van der Waals surface area (Å²) in [7, 11) is 1.91. The summed E-state index contributed by atoms with van der Waals surface area (Å²) in [6.07, 6.45) is 2.00. The van der Waals surface area contributed by atoms with Crippen LogP contribution in [0.5, 0.6) is 0 Å². The lowest BCUT2D eigenvalue weighted by molar-refractivity contribution is 0.756. The van der Waals surface area contributed by atoms with Gasteiger partial charge in [0.05, 0.1) is 5.69 Å². The summed E-state index contributed by atoms with van der Waals surface area (Å²) in [5.74, 6) is 0. The number of nitrogens with zero attached hydrogens (tertiary/aromatic N) is 3. The number of thiazole rings is 1. The monoisotopic (exact) mass is 242 g/mol. The third-order valence-corrected chi connectivity index (χ3v) is 3.14. The normalized spacial score (nSPS) is 10.6. The van der Waals surface area contributed by atoms with Crippen LogP contribution in [0.1, 0.15) is 11.3 Å². The summed E-state index contributed by atoms with van der Waals surface area (Å²) in [4.78, 5) is 4.11. The van der Waals surface area contributed by atoms with Gasteiger partial charge in [-0.1, -0.05) is 11.6 Å². The maximum absolute atomic E-state index is 5.72. The first-order valence-corrected chi connectivity index (χ1v) is 5.75. The van der Waals surface area contributed by atoms with E-state index in [0.29, 0.717) is 5.15 Å². The molecule has 0 bridgehead atoms. The Hall–Kier alpha value is -1.07. The molecule has 2 heterocycles. The lowest BCUT2D eigenvalue weighted by Crippen LogP contribution is -1.99. The van der Waals surface area contributed by atoms with Gasteiger partial charge in [-0.15, -0.1) is 11.3 Å². The number of aryl methyl sites for hydroxylation is 2. The summed E-state index contributed by atoms with van der Waals surface area (Å²) in [6.45, 7) is 2.72. The topological polar surface area (TPSA) is 42.7 Å². The predicted octanol–water partition coefficient (Wildman–Crippen LogP) is 2.45. The van der Waals surface area contributed by atoms with Crippen molar-refractivity contribution < 1.29 is 0 Å². The van der Waals surface area contributed by atoms with Crippen LogP contribution in [0.25, 0.3) is 0 Å². The van der Waals surface area contributed by atoms with Gasteiger partial charge in [0.15, 0.2) is 5.13 Å². The van der Waals surface area contributed by atoms with E-state index in [1.807, 2.05) is 20.2 Å². The summed E-state index contributed by atoms with van der Waals surface area (Å²) in [5.41, 5.74) is 2.21. The average molecular weight is 243 g/mol. The fourth-order valence-corrected chi connectivity index (χ4v) is 2.16. The van der Waals surface area contributed by atoms with Crippen molar-refractivity contribution in [3.8, 4) is 0 Å². The minimum absolute atomic E-state index is 0.533. The summed E-state index contributed by atoms with van der Waals surface area (Å²) < 4.78 is 1.81. The molecule has 0 aliphatic rings. The van der Waals surface area contributed by atoms with Crippen LogP contribution in [-0.4, -0.2) is 14.8 Å². The smallest absolute Gasteiger partial charge is 0.184 e. The van der Waals surface area contributed by atoms with Crippen LogP contribution in [0.2, 0.25) is 5.15 Å². The number of halogens is 1. The van der Waals surface area contributed by atoms with E-state index in [-0.39, 0.29) is 0 Å². The van der Waals surface area contributed by atoms with Gasteiger partial charge in [0.25, 0.3) is 0 Å². The van der Waals surface area contributed by atoms with Crippen LogP contribution in [0.15, 0.2) is 11.6 Å². The van der Waals surface area contributed by atoms with Gasteiger partial charge >= 0.3 is 0 Å². The summed E-state index contributed by atoms with van der Waals surface area (Å²) >= 11 is 7.22. The Morgan fingerprint density at radius 1 is 1.60 bits per heavy atom. The van der Waals surface area contributed by atoms with Crippen molar-refractivity contribution in [2.24, 2.45) is 7.05 Å². The minimum Gasteiger partial charge on any atom is -0.357 e. The zero-order valence-electron chi connectivity index (χ0n) is 8.49. The van der Waals surface area contributed by atoms with Crippen molar-refractivity contribution in [1.82, 2.24) is 14.8 Å². The molecular weight excluding hydrogens is 232 g/mol. The van der Waals surface area contributed by atoms with Crippen LogP contribution in [0, 0.1) is 6.92 Å². The van der Waals surface area contributed by atoms with E-state index in [1.165, 1.54) is 16.9 Å². The third kappa shape index (κ3) is 2.49. The van der Waals surface area contributed by atoms with Crippen molar-refractivity contribution >= 4 is 28.1 Å². The Bertz CT molecular complexity index is 462. The highest BCUT2D eigenvalue weighted by Gasteiger charge is 2.04. The Labute approximate surface area is 96.9 Å². The van der Waals surface area contributed by atoms with E-state index in [1.54, 1.807) is 10.1 Å². The SMILES string of the molecule is Cc1nn(C)cc1CNc1nc(Cl)cs1. The van der Waals surface area contributed by atoms with Crippen LogP contribution in [-0.2, 0) is 13.6 Å². The Morgan fingerprint density at radius 3 is 2.93 bits per heavy atom. The van der Waals surface area contributed by atoms with Gasteiger partial charge in [0.1, 0.15) is 5.15 Å². The Morgan fingerprint density at radius 2 is 2.40 bits per heavy atom. The van der Waals surface area contributed by atoms with Crippen LogP contribution in [0.4, 0.5) is 5.13 Å². The average Bonchev–Trinajstić information content (AvgIpc) is 2.70.